The Kier molecular flexibility index (Phi) is 4.13. The molecule has 0 spiro atoms. The van der Waals surface area contributed by atoms with Crippen LogP contribution in [0.4, 0.5) is 0 Å². The van der Waals surface area contributed by atoms with E-state index in [4.69, 9.17) is 5.11 Å². The van der Waals surface area contributed by atoms with Crippen LogP contribution in [0.25, 0.3) is 0 Å². The molecule has 17 heavy (non-hydrogen) atoms. The fraction of sp³-hybridized carbons (Fsp3) is 0.889. The summed E-state index contributed by atoms with van der Waals surface area (Å²) in [6, 6.07) is 0. The van der Waals surface area contributed by atoms with Gasteiger partial charge in [-0.1, -0.05) is 4.89 Å². The Bertz CT molecular complexity index is 392. The Hall–Kier alpha value is -0.700. The Morgan fingerprint density at radius 2 is 2.12 bits per heavy atom. The molecule has 1 aliphatic heterocycles. The van der Waals surface area contributed by atoms with E-state index in [9.17, 15) is 13.2 Å². The molecule has 2 N–H and O–H groups in total. The molecule has 1 heterocycles. The van der Waals surface area contributed by atoms with E-state index >= 15 is 0 Å². The molecule has 0 aromatic heterocycles. The molecule has 0 amide bonds. The number of nitrogens with one attached hydrogen (secondary N) is 1. The zero-order valence-corrected chi connectivity index (χ0v) is 11.0. The minimum absolute atomic E-state index is 0.410. The third kappa shape index (κ3) is 3.38. The highest BCUT2D eigenvalue weighted by atomic mass is 32.2. The topological polar surface area (TPSA) is 95.9 Å². The van der Waals surface area contributed by atoms with E-state index in [-0.39, 0.29) is 0 Å². The van der Waals surface area contributed by atoms with Crippen molar-refractivity contribution in [1.29, 1.82) is 0 Å². The van der Waals surface area contributed by atoms with Crippen molar-refractivity contribution in [2.45, 2.75) is 45.3 Å². The summed E-state index contributed by atoms with van der Waals surface area (Å²) in [4.78, 5) is 16.9. The SMILES string of the molecule is C[C@H](ONS(=O)(=O)N1CCCC1(C)C)C(=O)O. The summed E-state index contributed by atoms with van der Waals surface area (Å²) in [7, 11) is -3.80. The number of aliphatic carboxylic acids is 1. The third-order valence-electron chi connectivity index (χ3n) is 2.79. The van der Waals surface area contributed by atoms with Gasteiger partial charge in [0.25, 0.3) is 0 Å². The van der Waals surface area contributed by atoms with E-state index in [1.807, 2.05) is 18.7 Å². The molecule has 0 radical (unpaired) electrons. The fourth-order valence-electron chi connectivity index (χ4n) is 1.76. The normalized spacial score (nSPS) is 22.5. The van der Waals surface area contributed by atoms with Crippen LogP contribution in [-0.4, -0.2) is 42.0 Å². The summed E-state index contributed by atoms with van der Waals surface area (Å²) < 4.78 is 25.0. The molecule has 100 valence electrons. The van der Waals surface area contributed by atoms with E-state index in [0.717, 1.165) is 12.8 Å². The molecule has 1 saturated heterocycles. The van der Waals surface area contributed by atoms with Gasteiger partial charge in [-0.15, -0.1) is 0 Å². The van der Waals surface area contributed by atoms with Gasteiger partial charge in [0.1, 0.15) is 0 Å². The lowest BCUT2D eigenvalue weighted by Crippen LogP contribution is -2.49. The molecule has 0 aliphatic carbocycles. The van der Waals surface area contributed by atoms with Crippen molar-refractivity contribution in [3.63, 3.8) is 0 Å². The van der Waals surface area contributed by atoms with Crippen LogP contribution in [-0.2, 0) is 19.8 Å². The highest BCUT2D eigenvalue weighted by Crippen LogP contribution is 2.30. The first-order valence-corrected chi connectivity index (χ1v) is 6.79. The minimum atomic E-state index is -3.80. The van der Waals surface area contributed by atoms with Crippen LogP contribution in [0, 0.1) is 0 Å². The fourth-order valence-corrected chi connectivity index (χ4v) is 3.22. The summed E-state index contributed by atoms with van der Waals surface area (Å²) in [5.41, 5.74) is -0.471. The van der Waals surface area contributed by atoms with Crippen molar-refractivity contribution in [3.8, 4) is 0 Å². The molecule has 1 atom stereocenters. The number of carbonyl (C=O) groups is 1. The van der Waals surface area contributed by atoms with Crippen molar-refractivity contribution >= 4 is 16.2 Å². The molecule has 0 unspecified atom stereocenters. The lowest BCUT2D eigenvalue weighted by molar-refractivity contribution is -0.151. The second kappa shape index (κ2) is 4.89. The van der Waals surface area contributed by atoms with Crippen LogP contribution >= 0.6 is 0 Å². The first kappa shape index (κ1) is 14.4. The minimum Gasteiger partial charge on any atom is -0.479 e. The van der Waals surface area contributed by atoms with Crippen LogP contribution in [0.3, 0.4) is 0 Å². The first-order valence-electron chi connectivity index (χ1n) is 5.35. The monoisotopic (exact) mass is 266 g/mol. The van der Waals surface area contributed by atoms with Gasteiger partial charge in [-0.2, -0.15) is 12.7 Å². The second-order valence-corrected chi connectivity index (χ2v) is 6.23. The van der Waals surface area contributed by atoms with Gasteiger partial charge in [0.15, 0.2) is 6.10 Å². The van der Waals surface area contributed by atoms with Crippen LogP contribution < -0.4 is 4.89 Å². The maximum atomic E-state index is 11.9. The number of rotatable bonds is 5. The standard InChI is InChI=1S/C9H18N2O5S/c1-7(8(12)13)16-10-17(14,15)11-6-4-5-9(11,2)3/h7,10H,4-6H2,1-3H3,(H,12,13)/t7-/m0/s1. The van der Waals surface area contributed by atoms with Gasteiger partial charge in [0, 0.05) is 12.1 Å². The van der Waals surface area contributed by atoms with Crippen LogP contribution in [0.2, 0.25) is 0 Å². The number of hydrogen-bond acceptors (Lipinski definition) is 4. The van der Waals surface area contributed by atoms with Gasteiger partial charge in [-0.3, -0.25) is 4.84 Å². The number of carboxylic acids is 1. The van der Waals surface area contributed by atoms with Crippen molar-refractivity contribution < 1.29 is 23.2 Å². The van der Waals surface area contributed by atoms with Gasteiger partial charge in [0.2, 0.25) is 0 Å². The van der Waals surface area contributed by atoms with Gasteiger partial charge in [0.05, 0.1) is 0 Å². The van der Waals surface area contributed by atoms with E-state index in [1.54, 1.807) is 0 Å². The molecule has 0 bridgehead atoms. The van der Waals surface area contributed by atoms with Crippen molar-refractivity contribution in [3.05, 3.63) is 0 Å². The zero-order chi connectivity index (χ0) is 13.3. The van der Waals surface area contributed by atoms with Crippen LogP contribution in [0.1, 0.15) is 33.6 Å². The summed E-state index contributed by atoms with van der Waals surface area (Å²) in [6.45, 7) is 5.30. The quantitative estimate of drug-likeness (QED) is 0.688. The highest BCUT2D eigenvalue weighted by molar-refractivity contribution is 7.87. The molecule has 0 saturated carbocycles. The van der Waals surface area contributed by atoms with Crippen molar-refractivity contribution in [2.75, 3.05) is 6.54 Å². The smallest absolute Gasteiger partial charge is 0.334 e. The van der Waals surface area contributed by atoms with Crippen LogP contribution in [0.5, 0.6) is 0 Å². The van der Waals surface area contributed by atoms with Crippen LogP contribution in [0.15, 0.2) is 0 Å². The molecular formula is C9H18N2O5S. The molecule has 8 heteroatoms. The number of carboxylic acid groups (broad SMARTS) is 1. The highest BCUT2D eigenvalue weighted by Gasteiger charge is 2.40. The Labute approximate surface area is 101 Å². The van der Waals surface area contributed by atoms with Gasteiger partial charge in [-0.25, -0.2) is 4.79 Å². The van der Waals surface area contributed by atoms with E-state index in [2.05, 4.69) is 4.84 Å². The first-order chi connectivity index (χ1) is 7.67. The summed E-state index contributed by atoms with van der Waals surface area (Å²) in [5, 5.41) is 8.57. The third-order valence-corrected chi connectivity index (χ3v) is 4.36. The predicted octanol–water partition coefficient (Wildman–Crippen LogP) is 0.0999. The van der Waals surface area contributed by atoms with E-state index in [0.29, 0.717) is 6.54 Å². The maximum Gasteiger partial charge on any atom is 0.334 e. The lowest BCUT2D eigenvalue weighted by atomic mass is 10.0. The average molecular weight is 266 g/mol. The molecule has 1 rings (SSSR count). The van der Waals surface area contributed by atoms with Gasteiger partial charge < -0.3 is 5.11 Å². The summed E-state index contributed by atoms with van der Waals surface area (Å²) in [6.07, 6.45) is 0.320. The molecule has 0 aromatic rings. The molecular weight excluding hydrogens is 248 g/mol. The van der Waals surface area contributed by atoms with Crippen molar-refractivity contribution in [2.24, 2.45) is 0 Å². The Morgan fingerprint density at radius 1 is 1.53 bits per heavy atom. The van der Waals surface area contributed by atoms with Crippen molar-refractivity contribution in [1.82, 2.24) is 9.19 Å². The maximum absolute atomic E-state index is 11.9. The molecule has 7 nitrogen and oxygen atoms in total. The molecule has 1 aliphatic rings. The Balaban J connectivity index is 2.66. The molecule has 0 aromatic carbocycles. The zero-order valence-electron chi connectivity index (χ0n) is 10.1. The van der Waals surface area contributed by atoms with Gasteiger partial charge in [-0.05, 0) is 33.6 Å². The Morgan fingerprint density at radius 3 is 2.53 bits per heavy atom. The predicted molar refractivity (Wildman–Crippen MR) is 60.3 cm³/mol. The van der Waals surface area contributed by atoms with Gasteiger partial charge >= 0.3 is 16.2 Å². The average Bonchev–Trinajstić information content (AvgIpc) is 2.55. The largest absolute Gasteiger partial charge is 0.479 e. The summed E-state index contributed by atoms with van der Waals surface area (Å²) in [5.74, 6) is -1.23. The summed E-state index contributed by atoms with van der Waals surface area (Å²) >= 11 is 0. The van der Waals surface area contributed by atoms with E-state index < -0.39 is 27.8 Å². The van der Waals surface area contributed by atoms with E-state index in [1.165, 1.54) is 11.2 Å². The number of nitrogens with zero attached hydrogens (tertiary/aromatic N) is 1. The second-order valence-electron chi connectivity index (χ2n) is 4.67. The molecule has 1 fully saturated rings. The lowest BCUT2D eigenvalue weighted by Gasteiger charge is -2.30. The number of hydrogen-bond donors (Lipinski definition) is 2.